The third-order valence-electron chi connectivity index (χ3n) is 8.65. The monoisotopic (exact) mass is 268 g/mol. The number of Topliss-reactive ketones (excluding diaryl/α,β-unsaturated/α-hetero) is 2. The predicted octanol–water partition coefficient (Wildman–Crippen LogP) is 0.531. The van der Waals surface area contributed by atoms with Crippen molar-refractivity contribution in [3.8, 4) is 0 Å². The minimum absolute atomic E-state index is 0.191. The first-order valence-electron chi connectivity index (χ1n) is 8.15. The Morgan fingerprint density at radius 2 is 1.10 bits per heavy atom. The van der Waals surface area contributed by atoms with Crippen molar-refractivity contribution in [3.63, 3.8) is 0 Å². The van der Waals surface area contributed by atoms with E-state index in [1.54, 1.807) is 0 Å². The summed E-state index contributed by atoms with van der Waals surface area (Å²) in [7, 11) is 0. The van der Waals surface area contributed by atoms with Crippen LogP contribution in [0.1, 0.15) is 0 Å². The molecule has 0 aromatic carbocycles. The van der Waals surface area contributed by atoms with Crippen molar-refractivity contribution >= 4 is 11.6 Å². The molecule has 3 nitrogen and oxygen atoms in total. The molecule has 6 fully saturated rings. The molecule has 6 saturated carbocycles. The first kappa shape index (κ1) is 9.88. The fourth-order valence-electron chi connectivity index (χ4n) is 8.82. The maximum Gasteiger partial charge on any atom is 0.142 e. The Labute approximate surface area is 116 Å². The van der Waals surface area contributed by atoms with Crippen molar-refractivity contribution < 1.29 is 14.7 Å². The van der Waals surface area contributed by atoms with Crippen LogP contribution >= 0.6 is 0 Å². The lowest BCUT2D eigenvalue weighted by molar-refractivity contribution is -0.133. The number of hydrogen-bond acceptors (Lipinski definition) is 3. The second-order valence-electron chi connectivity index (χ2n) is 8.40. The number of hydrogen-bond donors (Lipinski definition) is 1. The zero-order chi connectivity index (χ0) is 13.1. The van der Waals surface area contributed by atoms with Gasteiger partial charge in [0, 0.05) is 23.7 Å². The van der Waals surface area contributed by atoms with E-state index in [0.717, 1.165) is 0 Å². The quantitative estimate of drug-likeness (QED) is 0.652. The van der Waals surface area contributed by atoms with Gasteiger partial charge in [-0.25, -0.2) is 0 Å². The third kappa shape index (κ3) is 0.621. The fourth-order valence-corrected chi connectivity index (χ4v) is 8.82. The van der Waals surface area contributed by atoms with Crippen molar-refractivity contribution in [2.45, 2.75) is 6.10 Å². The second kappa shape index (κ2) is 2.47. The zero-order valence-electron chi connectivity index (χ0n) is 10.9. The van der Waals surface area contributed by atoms with Crippen molar-refractivity contribution in [2.75, 3.05) is 0 Å². The first-order valence-corrected chi connectivity index (χ1v) is 8.15. The lowest BCUT2D eigenvalue weighted by atomic mass is 9.78. The molecule has 7 aliphatic carbocycles. The van der Waals surface area contributed by atoms with Gasteiger partial charge in [0.15, 0.2) is 0 Å². The summed E-state index contributed by atoms with van der Waals surface area (Å²) < 4.78 is 0. The molecular formula is C17H16O3. The smallest absolute Gasteiger partial charge is 0.142 e. The Bertz CT molecular complexity index is 595. The van der Waals surface area contributed by atoms with E-state index >= 15 is 0 Å². The van der Waals surface area contributed by atoms with E-state index < -0.39 is 6.10 Å². The van der Waals surface area contributed by atoms with Gasteiger partial charge in [-0.05, 0) is 47.3 Å². The van der Waals surface area contributed by atoms with E-state index in [0.29, 0.717) is 58.9 Å². The number of ketones is 2. The molecule has 7 aliphatic rings. The van der Waals surface area contributed by atoms with E-state index in [2.05, 4.69) is 12.2 Å². The van der Waals surface area contributed by atoms with Gasteiger partial charge in [0.1, 0.15) is 11.6 Å². The number of carbonyl (C=O) groups excluding carboxylic acids is 2. The fraction of sp³-hybridized carbons (Fsp3) is 0.765. The molecular weight excluding hydrogens is 252 g/mol. The van der Waals surface area contributed by atoms with Crippen LogP contribution in [0.2, 0.25) is 0 Å². The van der Waals surface area contributed by atoms with Gasteiger partial charge < -0.3 is 5.11 Å². The predicted molar refractivity (Wildman–Crippen MR) is 67.0 cm³/mol. The van der Waals surface area contributed by atoms with E-state index in [9.17, 15) is 14.7 Å². The largest absolute Gasteiger partial charge is 0.392 e. The lowest BCUT2D eigenvalue weighted by Crippen LogP contribution is -2.37. The molecule has 0 aromatic rings. The minimum Gasteiger partial charge on any atom is -0.392 e. The van der Waals surface area contributed by atoms with E-state index in [4.69, 9.17) is 0 Å². The number of carbonyl (C=O) groups is 2. The molecule has 0 spiro atoms. The summed E-state index contributed by atoms with van der Waals surface area (Å²) in [5, 5.41) is 10.6. The molecule has 13 atom stereocenters. The highest BCUT2D eigenvalue weighted by molar-refractivity contribution is 5.96. The minimum atomic E-state index is -0.653. The molecule has 0 bridgehead atoms. The van der Waals surface area contributed by atoms with Gasteiger partial charge >= 0.3 is 0 Å². The highest BCUT2D eigenvalue weighted by atomic mass is 16.3. The zero-order valence-corrected chi connectivity index (χ0v) is 10.9. The summed E-state index contributed by atoms with van der Waals surface area (Å²) in [6, 6.07) is 0. The average Bonchev–Trinajstić information content (AvgIpc) is 3.11. The van der Waals surface area contributed by atoms with Gasteiger partial charge in [-0.15, -0.1) is 0 Å². The summed E-state index contributed by atoms with van der Waals surface area (Å²) in [5.41, 5.74) is 0. The Morgan fingerprint density at radius 3 is 1.60 bits per heavy atom. The Balaban J connectivity index is 1.60. The van der Waals surface area contributed by atoms with Gasteiger partial charge in [0.05, 0.1) is 6.10 Å². The molecule has 102 valence electrons. The summed E-state index contributed by atoms with van der Waals surface area (Å²) in [6.07, 6.45) is 3.87. The summed E-state index contributed by atoms with van der Waals surface area (Å²) in [5.74, 6) is 4.40. The van der Waals surface area contributed by atoms with Crippen LogP contribution in [0.15, 0.2) is 12.2 Å². The van der Waals surface area contributed by atoms with Crippen LogP contribution in [0.3, 0.4) is 0 Å². The van der Waals surface area contributed by atoms with Gasteiger partial charge in [-0.2, -0.15) is 0 Å². The molecule has 0 radical (unpaired) electrons. The Kier molecular flexibility index (Phi) is 1.22. The first-order chi connectivity index (χ1) is 9.72. The van der Waals surface area contributed by atoms with Crippen LogP contribution < -0.4 is 0 Å². The molecule has 0 saturated heterocycles. The summed E-state index contributed by atoms with van der Waals surface area (Å²) >= 11 is 0. The van der Waals surface area contributed by atoms with Gasteiger partial charge in [-0.1, -0.05) is 12.2 Å². The molecule has 7 rings (SSSR count). The number of aliphatic hydroxyl groups is 1. The van der Waals surface area contributed by atoms with E-state index in [1.807, 2.05) is 0 Å². The molecule has 0 amide bonds. The lowest BCUT2D eigenvalue weighted by Gasteiger charge is -2.25. The maximum absolute atomic E-state index is 12.9. The summed E-state index contributed by atoms with van der Waals surface area (Å²) in [6.45, 7) is 0. The van der Waals surface area contributed by atoms with Crippen molar-refractivity contribution in [1.29, 1.82) is 0 Å². The topological polar surface area (TPSA) is 54.4 Å². The summed E-state index contributed by atoms with van der Waals surface area (Å²) in [4.78, 5) is 25.7. The third-order valence-corrected chi connectivity index (χ3v) is 8.65. The molecule has 3 unspecified atom stereocenters. The molecule has 1 N–H and O–H groups in total. The van der Waals surface area contributed by atoms with Crippen LogP contribution in [-0.4, -0.2) is 22.8 Å². The molecule has 20 heavy (non-hydrogen) atoms. The number of fused-ring (bicyclic) bond motifs is 2. The number of aliphatic hydroxyl groups excluding tert-OH is 1. The second-order valence-corrected chi connectivity index (χ2v) is 8.40. The van der Waals surface area contributed by atoms with Crippen LogP contribution in [0, 0.1) is 71.0 Å². The highest BCUT2D eigenvalue weighted by Crippen LogP contribution is 2.82. The van der Waals surface area contributed by atoms with Gasteiger partial charge in [-0.3, -0.25) is 9.59 Å². The SMILES string of the molecule is O=C1[C@H]2[C@@H]3C4C5[C@H]2C=C[C@@H]5[C@H]2C(=O)[C@H]5C(O)[C@@H]1[C@H]3[C@@H]5[C@H]42. The van der Waals surface area contributed by atoms with Crippen molar-refractivity contribution in [2.24, 2.45) is 71.0 Å². The normalized spacial score (nSPS) is 75.8. The van der Waals surface area contributed by atoms with Crippen molar-refractivity contribution in [3.05, 3.63) is 12.2 Å². The van der Waals surface area contributed by atoms with Crippen molar-refractivity contribution in [1.82, 2.24) is 0 Å². The van der Waals surface area contributed by atoms with E-state index in [-0.39, 0.29) is 23.7 Å². The van der Waals surface area contributed by atoms with Crippen LogP contribution in [0.5, 0.6) is 0 Å². The molecule has 0 aromatic heterocycles. The van der Waals surface area contributed by atoms with Crippen LogP contribution in [-0.2, 0) is 9.59 Å². The standard InChI is InChI=1S/C17H16O3/c18-15-6-3-1-2-4-5(3)8-9(6)11-12-10(8)7(4)16(19)14(12)17(20)13(11)15/h1-14,17,20H/t3-,4+,5?,6-,7-,8?,9-,10+,11-,12+,13-,14+,17?/m1/s1. The van der Waals surface area contributed by atoms with Crippen LogP contribution in [0.4, 0.5) is 0 Å². The Morgan fingerprint density at radius 1 is 0.650 bits per heavy atom. The maximum atomic E-state index is 12.9. The van der Waals surface area contributed by atoms with Gasteiger partial charge in [0.2, 0.25) is 0 Å². The Hall–Kier alpha value is -0.960. The number of allylic oxidation sites excluding steroid dienone is 2. The highest BCUT2D eigenvalue weighted by Gasteiger charge is 2.84. The molecule has 3 heteroatoms. The molecule has 0 heterocycles. The van der Waals surface area contributed by atoms with Crippen LogP contribution in [0.25, 0.3) is 0 Å². The van der Waals surface area contributed by atoms with Gasteiger partial charge in [0.25, 0.3) is 0 Å². The molecule has 0 aliphatic heterocycles. The average molecular weight is 268 g/mol. The van der Waals surface area contributed by atoms with E-state index in [1.165, 1.54) is 0 Å². The number of rotatable bonds is 0.